The van der Waals surface area contributed by atoms with Crippen LogP contribution in [0.15, 0.2) is 65.9 Å². The quantitative estimate of drug-likeness (QED) is 0.192. The molecule has 1 aliphatic rings. The number of aryl methyl sites for hydroxylation is 1. The number of fused-ring (bicyclic) bond motifs is 1. The number of para-hydroxylation sites is 1. The summed E-state index contributed by atoms with van der Waals surface area (Å²) in [6.07, 6.45) is 7.98. The second-order valence-corrected chi connectivity index (χ2v) is 12.4. The molecule has 0 spiro atoms. The number of ether oxygens (including phenoxy) is 1. The Morgan fingerprint density at radius 1 is 1.12 bits per heavy atom. The third kappa shape index (κ3) is 6.24. The molecule has 9 nitrogen and oxygen atoms in total. The normalized spacial score (nSPS) is 18.1. The smallest absolute Gasteiger partial charge is 0.208 e. The van der Waals surface area contributed by atoms with Crippen molar-refractivity contribution in [2.24, 2.45) is 10.7 Å². The van der Waals surface area contributed by atoms with Crippen LogP contribution in [-0.2, 0) is 10.0 Å². The highest BCUT2D eigenvalue weighted by Crippen LogP contribution is 2.34. The summed E-state index contributed by atoms with van der Waals surface area (Å²) in [5, 5.41) is 8.87. The summed E-state index contributed by atoms with van der Waals surface area (Å²) in [6, 6.07) is 15.4. The summed E-state index contributed by atoms with van der Waals surface area (Å²) >= 11 is 6.36. The number of methoxy groups -OCH3 is 1. The molecule has 0 amide bonds. The van der Waals surface area contributed by atoms with Gasteiger partial charge in [0.1, 0.15) is 11.6 Å². The van der Waals surface area contributed by atoms with Crippen LogP contribution >= 0.6 is 11.6 Å². The first-order chi connectivity index (χ1) is 19.1. The number of aromatic nitrogens is 2. The molecule has 2 heterocycles. The van der Waals surface area contributed by atoms with Gasteiger partial charge in [-0.25, -0.2) is 22.6 Å². The lowest BCUT2D eigenvalue weighted by Crippen LogP contribution is -2.39. The highest BCUT2D eigenvalue weighted by atomic mass is 35.5. The Morgan fingerprint density at radius 2 is 1.85 bits per heavy atom. The zero-order chi connectivity index (χ0) is 28.4. The largest absolute Gasteiger partial charge is 0.497 e. The van der Waals surface area contributed by atoms with Crippen LogP contribution in [0.5, 0.6) is 5.75 Å². The Hall–Kier alpha value is -3.60. The molecule has 5 rings (SSSR count). The number of halogens is 1. The van der Waals surface area contributed by atoms with Crippen LogP contribution in [0.4, 0.5) is 11.4 Å². The zero-order valence-corrected chi connectivity index (χ0v) is 24.3. The maximum absolute atomic E-state index is 11.7. The number of nitrogens with two attached hydrogens (primary N) is 1. The zero-order valence-electron chi connectivity index (χ0n) is 22.7. The van der Waals surface area contributed by atoms with Gasteiger partial charge in [0, 0.05) is 23.8 Å². The third-order valence-electron chi connectivity index (χ3n) is 7.21. The van der Waals surface area contributed by atoms with Crippen LogP contribution in [0, 0.1) is 6.92 Å². The van der Waals surface area contributed by atoms with E-state index in [1.807, 2.05) is 47.1 Å². The van der Waals surface area contributed by atoms with Crippen LogP contribution in [-0.4, -0.2) is 49.3 Å². The van der Waals surface area contributed by atoms with E-state index in [4.69, 9.17) is 22.1 Å². The van der Waals surface area contributed by atoms with Gasteiger partial charge < -0.3 is 15.8 Å². The fraction of sp³-hybridized carbons (Fsp3) is 0.310. The number of hydrogen-bond donors (Lipinski definition) is 3. The summed E-state index contributed by atoms with van der Waals surface area (Å²) in [7, 11) is -1.59. The monoisotopic (exact) mass is 580 g/mol. The predicted octanol–water partition coefficient (Wildman–Crippen LogP) is 5.28. The number of hydrogen-bond acceptors (Lipinski definition) is 6. The molecule has 2 aromatic heterocycles. The lowest BCUT2D eigenvalue weighted by molar-refractivity contribution is 0.388. The fourth-order valence-electron chi connectivity index (χ4n) is 5.23. The van der Waals surface area contributed by atoms with Gasteiger partial charge in [0.15, 0.2) is 0 Å². The number of nitrogens with one attached hydrogen (secondary N) is 2. The van der Waals surface area contributed by atoms with E-state index in [9.17, 15) is 8.42 Å². The average Bonchev–Trinajstić information content (AvgIpc) is 3.35. The van der Waals surface area contributed by atoms with Gasteiger partial charge in [-0.1, -0.05) is 29.8 Å². The number of anilines is 1. The highest BCUT2D eigenvalue weighted by Gasteiger charge is 2.25. The molecule has 0 aliphatic heterocycles. The van der Waals surface area contributed by atoms with Gasteiger partial charge in [-0.15, -0.1) is 0 Å². The predicted molar refractivity (Wildman–Crippen MR) is 161 cm³/mol. The molecule has 0 bridgehead atoms. The van der Waals surface area contributed by atoms with E-state index >= 15 is 0 Å². The van der Waals surface area contributed by atoms with Crippen molar-refractivity contribution < 1.29 is 13.2 Å². The molecule has 11 heteroatoms. The minimum absolute atomic E-state index is 0.0604. The van der Waals surface area contributed by atoms with E-state index in [-0.39, 0.29) is 12.1 Å². The number of benzene rings is 2. The lowest BCUT2D eigenvalue weighted by Gasteiger charge is -2.30. The SMILES string of the molecule is COc1ccc(-c2cc3c(N[C@H]4CC[C@H](NS(C)(=O)=O)CC4)c(/C(N)=N/c4ccccc4Cl)cnn3c2)c(C)c1. The fourth-order valence-corrected chi connectivity index (χ4v) is 6.25. The van der Waals surface area contributed by atoms with E-state index < -0.39 is 10.0 Å². The van der Waals surface area contributed by atoms with Crippen LogP contribution in [0.25, 0.3) is 16.6 Å². The van der Waals surface area contributed by atoms with Crippen LogP contribution in [0.3, 0.4) is 0 Å². The van der Waals surface area contributed by atoms with E-state index in [0.717, 1.165) is 59.3 Å². The van der Waals surface area contributed by atoms with Gasteiger partial charge >= 0.3 is 0 Å². The molecule has 4 aromatic rings. The van der Waals surface area contributed by atoms with Crippen LogP contribution < -0.4 is 20.5 Å². The number of nitrogens with zero attached hydrogens (tertiary/aromatic N) is 3. The first kappa shape index (κ1) is 27.9. The highest BCUT2D eigenvalue weighted by molar-refractivity contribution is 7.88. The first-order valence-corrected chi connectivity index (χ1v) is 15.4. The lowest BCUT2D eigenvalue weighted by atomic mass is 9.91. The Balaban J connectivity index is 1.54. The number of amidine groups is 1. The van der Waals surface area contributed by atoms with Gasteiger partial charge in [-0.05, 0) is 74.1 Å². The van der Waals surface area contributed by atoms with Crippen molar-refractivity contribution in [1.29, 1.82) is 0 Å². The number of aliphatic imine (C=N–C) groups is 1. The molecule has 0 unspecified atom stereocenters. The second-order valence-electron chi connectivity index (χ2n) is 10.2. The Morgan fingerprint density at radius 3 is 2.52 bits per heavy atom. The van der Waals surface area contributed by atoms with Crippen molar-refractivity contribution in [3.05, 3.63) is 77.1 Å². The summed E-state index contributed by atoms with van der Waals surface area (Å²) in [5.74, 6) is 1.10. The molecular formula is C29H33ClN6O3S. The maximum Gasteiger partial charge on any atom is 0.208 e. The van der Waals surface area contributed by atoms with Gasteiger partial charge in [-0.3, -0.25) is 0 Å². The Kier molecular flexibility index (Phi) is 8.02. The summed E-state index contributed by atoms with van der Waals surface area (Å²) < 4.78 is 33.4. The molecular weight excluding hydrogens is 548 g/mol. The average molecular weight is 581 g/mol. The minimum atomic E-state index is -3.24. The molecule has 0 saturated heterocycles. The summed E-state index contributed by atoms with van der Waals surface area (Å²) in [5.41, 5.74) is 12.7. The molecule has 1 fully saturated rings. The molecule has 4 N–H and O–H groups in total. The van der Waals surface area contributed by atoms with Crippen molar-refractivity contribution in [1.82, 2.24) is 14.3 Å². The molecule has 0 radical (unpaired) electrons. The third-order valence-corrected chi connectivity index (χ3v) is 8.29. The molecule has 2 aromatic carbocycles. The van der Waals surface area contributed by atoms with Crippen molar-refractivity contribution in [3.8, 4) is 16.9 Å². The second kappa shape index (κ2) is 11.5. The number of rotatable bonds is 8. The van der Waals surface area contributed by atoms with Crippen molar-refractivity contribution in [2.45, 2.75) is 44.7 Å². The van der Waals surface area contributed by atoms with E-state index in [1.54, 1.807) is 19.4 Å². The first-order valence-electron chi connectivity index (χ1n) is 13.1. The van der Waals surface area contributed by atoms with Gasteiger partial charge in [0.2, 0.25) is 10.0 Å². The van der Waals surface area contributed by atoms with Crippen LogP contribution in [0.1, 0.15) is 36.8 Å². The molecule has 1 saturated carbocycles. The van der Waals surface area contributed by atoms with Gasteiger partial charge in [0.05, 0.1) is 47.0 Å². The minimum Gasteiger partial charge on any atom is -0.497 e. The van der Waals surface area contributed by atoms with Crippen molar-refractivity contribution >= 4 is 44.4 Å². The van der Waals surface area contributed by atoms with Crippen molar-refractivity contribution in [2.75, 3.05) is 18.7 Å². The molecule has 210 valence electrons. The Bertz CT molecular complexity index is 1680. The van der Waals surface area contributed by atoms with E-state index in [0.29, 0.717) is 22.1 Å². The van der Waals surface area contributed by atoms with E-state index in [2.05, 4.69) is 33.1 Å². The van der Waals surface area contributed by atoms with Crippen LogP contribution in [0.2, 0.25) is 5.02 Å². The van der Waals surface area contributed by atoms with E-state index in [1.165, 1.54) is 6.26 Å². The van der Waals surface area contributed by atoms with Crippen molar-refractivity contribution in [3.63, 3.8) is 0 Å². The standard InChI is InChI=1S/C29H33ClN6O3S/c1-18-14-22(39-2)12-13-23(18)19-15-27-28(33-20-8-10-21(11-9-20)35-40(3,37)38)24(16-32-36(27)17-19)29(31)34-26-7-5-4-6-25(26)30/h4-7,12-17,20-21,33,35H,8-11H2,1-3H3,(H2,31,34)/t20-,21-. The maximum atomic E-state index is 11.7. The topological polar surface area (TPSA) is 123 Å². The molecule has 40 heavy (non-hydrogen) atoms. The summed E-state index contributed by atoms with van der Waals surface area (Å²) in [4.78, 5) is 4.62. The Labute approximate surface area is 239 Å². The van der Waals surface area contributed by atoms with Gasteiger partial charge in [-0.2, -0.15) is 5.10 Å². The number of sulfonamides is 1. The molecule has 1 aliphatic carbocycles. The summed E-state index contributed by atoms with van der Waals surface area (Å²) in [6.45, 7) is 2.05. The van der Waals surface area contributed by atoms with Gasteiger partial charge in [0.25, 0.3) is 0 Å². The molecule has 0 atom stereocenters.